The van der Waals surface area contributed by atoms with Crippen LogP contribution in [-0.4, -0.2) is 59.4 Å². The molecule has 1 fully saturated rings. The standard InChI is InChI=1S/C26H45NO4/c1-21(27)16-23-17-24(20-31-15-14-30-13-12-29-11-10-28-4)25(18-23)26(2,3)19-22-8-6-5-7-9-22/h5-9,21,23-25H,10-20,27H2,1-4H3. The van der Waals surface area contributed by atoms with Crippen molar-refractivity contribution >= 4 is 0 Å². The van der Waals surface area contributed by atoms with Gasteiger partial charge < -0.3 is 24.7 Å². The van der Waals surface area contributed by atoms with E-state index in [2.05, 4.69) is 51.1 Å². The van der Waals surface area contributed by atoms with Crippen LogP contribution in [0.5, 0.6) is 0 Å². The zero-order valence-electron chi connectivity index (χ0n) is 20.2. The summed E-state index contributed by atoms with van der Waals surface area (Å²) in [6.45, 7) is 11.5. The first kappa shape index (κ1) is 26.3. The van der Waals surface area contributed by atoms with E-state index in [1.807, 2.05) is 0 Å². The highest BCUT2D eigenvalue weighted by molar-refractivity contribution is 5.16. The summed E-state index contributed by atoms with van der Waals surface area (Å²) >= 11 is 0. The molecule has 0 amide bonds. The Bertz CT molecular complexity index is 578. The predicted molar refractivity (Wildman–Crippen MR) is 126 cm³/mol. The number of ether oxygens (including phenoxy) is 4. The van der Waals surface area contributed by atoms with Crippen LogP contribution in [0.2, 0.25) is 0 Å². The maximum absolute atomic E-state index is 6.14. The van der Waals surface area contributed by atoms with Crippen molar-refractivity contribution in [3.63, 3.8) is 0 Å². The second kappa shape index (κ2) is 14.2. The van der Waals surface area contributed by atoms with Crippen LogP contribution < -0.4 is 5.73 Å². The van der Waals surface area contributed by atoms with Crippen molar-refractivity contribution in [1.29, 1.82) is 0 Å². The summed E-state index contributed by atoms with van der Waals surface area (Å²) in [5.41, 5.74) is 7.79. The molecule has 0 bridgehead atoms. The zero-order valence-corrected chi connectivity index (χ0v) is 20.2. The third-order valence-corrected chi connectivity index (χ3v) is 6.51. The molecule has 4 atom stereocenters. The third-order valence-electron chi connectivity index (χ3n) is 6.51. The molecule has 1 aromatic rings. The Hall–Kier alpha value is -0.980. The van der Waals surface area contributed by atoms with E-state index in [1.54, 1.807) is 7.11 Å². The van der Waals surface area contributed by atoms with Gasteiger partial charge in [0, 0.05) is 19.8 Å². The topological polar surface area (TPSA) is 62.9 Å². The second-order valence-electron chi connectivity index (χ2n) is 9.86. The quantitative estimate of drug-likeness (QED) is 0.392. The van der Waals surface area contributed by atoms with Gasteiger partial charge in [-0.05, 0) is 61.3 Å². The van der Waals surface area contributed by atoms with Crippen molar-refractivity contribution in [3.8, 4) is 0 Å². The number of methoxy groups -OCH3 is 1. The first-order chi connectivity index (χ1) is 14.9. The van der Waals surface area contributed by atoms with Gasteiger partial charge in [-0.1, -0.05) is 44.2 Å². The summed E-state index contributed by atoms with van der Waals surface area (Å²) in [6.07, 6.45) is 4.69. The van der Waals surface area contributed by atoms with Crippen molar-refractivity contribution in [1.82, 2.24) is 0 Å². The Kier molecular flexibility index (Phi) is 12.1. The van der Waals surface area contributed by atoms with Crippen LogP contribution in [-0.2, 0) is 25.4 Å². The van der Waals surface area contributed by atoms with E-state index in [1.165, 1.54) is 18.4 Å². The monoisotopic (exact) mass is 435 g/mol. The molecule has 2 N–H and O–H groups in total. The Labute approximate surface area is 190 Å². The van der Waals surface area contributed by atoms with Gasteiger partial charge >= 0.3 is 0 Å². The Morgan fingerprint density at radius 3 is 2.16 bits per heavy atom. The largest absolute Gasteiger partial charge is 0.382 e. The van der Waals surface area contributed by atoms with Gasteiger partial charge in [0.1, 0.15) is 0 Å². The number of rotatable bonds is 16. The molecular formula is C26H45NO4. The van der Waals surface area contributed by atoms with Crippen molar-refractivity contribution in [2.75, 3.05) is 53.4 Å². The molecule has 0 aromatic heterocycles. The van der Waals surface area contributed by atoms with E-state index < -0.39 is 0 Å². The molecule has 0 heterocycles. The third kappa shape index (κ3) is 10.0. The van der Waals surface area contributed by atoms with Crippen molar-refractivity contribution in [2.24, 2.45) is 28.9 Å². The molecule has 1 aromatic carbocycles. The van der Waals surface area contributed by atoms with Crippen LogP contribution in [0.4, 0.5) is 0 Å². The van der Waals surface area contributed by atoms with Gasteiger partial charge in [-0.2, -0.15) is 0 Å². The van der Waals surface area contributed by atoms with Crippen LogP contribution in [0.1, 0.15) is 45.6 Å². The molecule has 4 unspecified atom stereocenters. The van der Waals surface area contributed by atoms with Crippen molar-refractivity contribution < 1.29 is 18.9 Å². The van der Waals surface area contributed by atoms with Gasteiger partial charge in [0.25, 0.3) is 0 Å². The fraction of sp³-hybridized carbons (Fsp3) is 0.769. The maximum atomic E-state index is 6.14. The first-order valence-electron chi connectivity index (χ1n) is 11.9. The molecular weight excluding hydrogens is 390 g/mol. The van der Waals surface area contributed by atoms with E-state index in [9.17, 15) is 0 Å². The SMILES string of the molecule is COCCOCCOCCOCC1CC(CC(C)N)CC1C(C)(C)Cc1ccccc1. The summed E-state index contributed by atoms with van der Waals surface area (Å²) in [4.78, 5) is 0. The molecule has 2 rings (SSSR count). The van der Waals surface area contributed by atoms with Crippen LogP contribution in [0.25, 0.3) is 0 Å². The Morgan fingerprint density at radius 2 is 1.55 bits per heavy atom. The second-order valence-corrected chi connectivity index (χ2v) is 9.86. The van der Waals surface area contributed by atoms with Crippen molar-refractivity contribution in [3.05, 3.63) is 35.9 Å². The average Bonchev–Trinajstić information content (AvgIpc) is 3.12. The van der Waals surface area contributed by atoms with Crippen LogP contribution in [0.15, 0.2) is 30.3 Å². The minimum absolute atomic E-state index is 0.234. The molecule has 178 valence electrons. The summed E-state index contributed by atoms with van der Waals surface area (Å²) < 4.78 is 22.0. The van der Waals surface area contributed by atoms with E-state index in [0.717, 1.165) is 19.4 Å². The lowest BCUT2D eigenvalue weighted by atomic mass is 9.70. The van der Waals surface area contributed by atoms with Crippen molar-refractivity contribution in [2.45, 2.75) is 52.5 Å². The van der Waals surface area contributed by atoms with E-state index >= 15 is 0 Å². The summed E-state index contributed by atoms with van der Waals surface area (Å²) in [7, 11) is 1.67. The molecule has 1 saturated carbocycles. The molecule has 0 spiro atoms. The minimum Gasteiger partial charge on any atom is -0.382 e. The lowest BCUT2D eigenvalue weighted by Gasteiger charge is -2.36. The minimum atomic E-state index is 0.234. The maximum Gasteiger partial charge on any atom is 0.0701 e. The average molecular weight is 436 g/mol. The summed E-state index contributed by atoms with van der Waals surface area (Å²) in [6, 6.07) is 11.1. The molecule has 0 radical (unpaired) electrons. The number of hydrogen-bond acceptors (Lipinski definition) is 5. The highest BCUT2D eigenvalue weighted by Gasteiger charge is 2.42. The highest BCUT2D eigenvalue weighted by Crippen LogP contribution is 2.49. The van der Waals surface area contributed by atoms with Gasteiger partial charge in [0.05, 0.1) is 39.6 Å². The fourth-order valence-corrected chi connectivity index (χ4v) is 5.17. The lowest BCUT2D eigenvalue weighted by Crippen LogP contribution is -2.31. The molecule has 5 heteroatoms. The van der Waals surface area contributed by atoms with Crippen LogP contribution in [0.3, 0.4) is 0 Å². The number of hydrogen-bond donors (Lipinski definition) is 1. The molecule has 1 aliphatic carbocycles. The van der Waals surface area contributed by atoms with Gasteiger partial charge in [-0.3, -0.25) is 0 Å². The zero-order chi connectivity index (χ0) is 22.5. The van der Waals surface area contributed by atoms with Crippen LogP contribution >= 0.6 is 0 Å². The van der Waals surface area contributed by atoms with E-state index in [-0.39, 0.29) is 11.5 Å². The van der Waals surface area contributed by atoms with Gasteiger partial charge in [-0.15, -0.1) is 0 Å². The van der Waals surface area contributed by atoms with Crippen LogP contribution in [0, 0.1) is 23.2 Å². The fourth-order valence-electron chi connectivity index (χ4n) is 5.17. The summed E-state index contributed by atoms with van der Waals surface area (Å²) in [5.74, 6) is 1.93. The predicted octanol–water partition coefficient (Wildman–Crippen LogP) is 4.33. The molecule has 1 aliphatic rings. The Morgan fingerprint density at radius 1 is 0.935 bits per heavy atom. The smallest absolute Gasteiger partial charge is 0.0701 e. The highest BCUT2D eigenvalue weighted by atomic mass is 16.6. The lowest BCUT2D eigenvalue weighted by molar-refractivity contribution is -0.00870. The number of benzene rings is 1. The van der Waals surface area contributed by atoms with Gasteiger partial charge in [-0.25, -0.2) is 0 Å². The van der Waals surface area contributed by atoms with Gasteiger partial charge in [0.2, 0.25) is 0 Å². The van der Waals surface area contributed by atoms with E-state index in [0.29, 0.717) is 57.4 Å². The molecule has 31 heavy (non-hydrogen) atoms. The first-order valence-corrected chi connectivity index (χ1v) is 11.9. The van der Waals surface area contributed by atoms with E-state index in [4.69, 9.17) is 24.7 Å². The normalized spacial score (nSPS) is 22.7. The Balaban J connectivity index is 1.78. The molecule has 0 aliphatic heterocycles. The summed E-state index contributed by atoms with van der Waals surface area (Å²) in [5, 5.41) is 0. The molecule has 5 nitrogen and oxygen atoms in total. The molecule has 0 saturated heterocycles. The number of nitrogens with two attached hydrogens (primary N) is 1. The van der Waals surface area contributed by atoms with Gasteiger partial charge in [0.15, 0.2) is 0 Å².